The molecular weight excluding hydrogens is 260 g/mol. The van der Waals surface area contributed by atoms with E-state index in [2.05, 4.69) is 21.5 Å². The molecule has 2 aliphatic heterocycles. The van der Waals surface area contributed by atoms with Crippen molar-refractivity contribution < 1.29 is 14.3 Å². The molecule has 7 heteroatoms. The van der Waals surface area contributed by atoms with Gasteiger partial charge < -0.3 is 15.8 Å². The average molecular weight is 278 g/mol. The second kappa shape index (κ2) is 5.59. The number of ether oxygens (including phenoxy) is 1. The zero-order chi connectivity index (χ0) is 14.6. The van der Waals surface area contributed by atoms with Gasteiger partial charge in [0.2, 0.25) is 11.8 Å². The van der Waals surface area contributed by atoms with Gasteiger partial charge in [0.25, 0.3) is 0 Å². The maximum Gasteiger partial charge on any atom is 0.245 e. The first-order valence-electron chi connectivity index (χ1n) is 6.58. The molecule has 0 saturated carbocycles. The molecule has 2 heterocycles. The van der Waals surface area contributed by atoms with E-state index in [1.165, 1.54) is 0 Å². The highest BCUT2D eigenvalue weighted by molar-refractivity contribution is 5.90. The van der Waals surface area contributed by atoms with Gasteiger partial charge in [-0.1, -0.05) is 0 Å². The molecule has 1 unspecified atom stereocenters. The van der Waals surface area contributed by atoms with Crippen LogP contribution in [0.3, 0.4) is 0 Å². The standard InChI is InChI=1S/C13H18N4O3/c1-2-3-5-13(16-17-13)6-4-10(18)15-12(11(14)19)7-8-20-9-12/h1H,3-9H2,(H2,14,19)(H,15,18). The van der Waals surface area contributed by atoms with E-state index in [-0.39, 0.29) is 18.9 Å². The summed E-state index contributed by atoms with van der Waals surface area (Å²) in [5.74, 6) is 1.73. The number of primary amides is 1. The normalized spacial score (nSPS) is 25.9. The van der Waals surface area contributed by atoms with Gasteiger partial charge in [-0.05, 0) is 0 Å². The molecule has 2 aliphatic rings. The molecule has 0 aliphatic carbocycles. The molecule has 1 fully saturated rings. The van der Waals surface area contributed by atoms with Gasteiger partial charge in [0, 0.05) is 38.7 Å². The second-order valence-electron chi connectivity index (χ2n) is 5.18. The first-order valence-corrected chi connectivity index (χ1v) is 6.58. The fourth-order valence-electron chi connectivity index (χ4n) is 2.23. The second-order valence-corrected chi connectivity index (χ2v) is 5.18. The Kier molecular flexibility index (Phi) is 4.04. The number of carbonyl (C=O) groups excluding carboxylic acids is 2. The number of carbonyl (C=O) groups is 2. The number of rotatable bonds is 7. The Morgan fingerprint density at radius 3 is 2.65 bits per heavy atom. The molecule has 3 N–H and O–H groups in total. The molecule has 1 atom stereocenters. The first kappa shape index (κ1) is 14.5. The van der Waals surface area contributed by atoms with Crippen molar-refractivity contribution in [1.29, 1.82) is 0 Å². The third kappa shape index (κ3) is 3.14. The molecule has 1 saturated heterocycles. The summed E-state index contributed by atoms with van der Waals surface area (Å²) in [6, 6.07) is 0. The van der Waals surface area contributed by atoms with Crippen LogP contribution in [0.1, 0.15) is 32.1 Å². The fourth-order valence-corrected chi connectivity index (χ4v) is 2.23. The van der Waals surface area contributed by atoms with Crippen LogP contribution in [-0.2, 0) is 14.3 Å². The molecule has 2 rings (SSSR count). The number of hydrogen-bond donors (Lipinski definition) is 2. The Bertz CT molecular complexity index is 468. The van der Waals surface area contributed by atoms with Gasteiger partial charge in [0.1, 0.15) is 5.54 Å². The summed E-state index contributed by atoms with van der Waals surface area (Å²) in [6.07, 6.45) is 7.56. The summed E-state index contributed by atoms with van der Waals surface area (Å²) in [4.78, 5) is 23.4. The molecule has 7 nitrogen and oxygen atoms in total. The molecule has 2 amide bonds. The van der Waals surface area contributed by atoms with E-state index in [9.17, 15) is 9.59 Å². The Hall–Kier alpha value is -1.94. The van der Waals surface area contributed by atoms with Crippen molar-refractivity contribution in [3.8, 4) is 12.3 Å². The monoisotopic (exact) mass is 278 g/mol. The molecule has 0 radical (unpaired) electrons. The zero-order valence-corrected chi connectivity index (χ0v) is 11.2. The number of hydrogen-bond acceptors (Lipinski definition) is 5. The molecule has 0 bridgehead atoms. The van der Waals surface area contributed by atoms with Gasteiger partial charge in [0.15, 0.2) is 5.66 Å². The predicted octanol–water partition coefficient (Wildman–Crippen LogP) is 0.103. The smallest absolute Gasteiger partial charge is 0.245 e. The topological polar surface area (TPSA) is 106 Å². The van der Waals surface area contributed by atoms with Gasteiger partial charge in [-0.2, -0.15) is 10.2 Å². The molecule has 0 aromatic heterocycles. The van der Waals surface area contributed by atoms with Gasteiger partial charge in [-0.25, -0.2) is 0 Å². The summed E-state index contributed by atoms with van der Waals surface area (Å²) < 4.78 is 5.16. The predicted molar refractivity (Wildman–Crippen MR) is 70.4 cm³/mol. The van der Waals surface area contributed by atoms with Crippen molar-refractivity contribution in [2.24, 2.45) is 16.0 Å². The van der Waals surface area contributed by atoms with Crippen molar-refractivity contribution in [3.05, 3.63) is 0 Å². The lowest BCUT2D eigenvalue weighted by Gasteiger charge is -2.25. The molecule has 0 aromatic carbocycles. The highest BCUT2D eigenvalue weighted by Crippen LogP contribution is 2.37. The minimum atomic E-state index is -1.07. The van der Waals surface area contributed by atoms with Crippen molar-refractivity contribution >= 4 is 11.8 Å². The fraction of sp³-hybridized carbons (Fsp3) is 0.692. The molecule has 20 heavy (non-hydrogen) atoms. The lowest BCUT2D eigenvalue weighted by atomic mass is 9.96. The van der Waals surface area contributed by atoms with Crippen LogP contribution in [0.5, 0.6) is 0 Å². The summed E-state index contributed by atoms with van der Waals surface area (Å²) in [6.45, 7) is 0.547. The highest BCUT2D eigenvalue weighted by atomic mass is 16.5. The number of nitrogens with zero attached hydrogens (tertiary/aromatic N) is 2. The van der Waals surface area contributed by atoms with Crippen LogP contribution < -0.4 is 11.1 Å². The third-order valence-electron chi connectivity index (χ3n) is 3.68. The molecular formula is C13H18N4O3. The van der Waals surface area contributed by atoms with Gasteiger partial charge in [-0.3, -0.25) is 9.59 Å². The van der Waals surface area contributed by atoms with Crippen LogP contribution in [0.2, 0.25) is 0 Å². The van der Waals surface area contributed by atoms with E-state index in [0.717, 1.165) is 0 Å². The van der Waals surface area contributed by atoms with Crippen molar-refractivity contribution in [3.63, 3.8) is 0 Å². The van der Waals surface area contributed by atoms with Crippen LogP contribution in [-0.4, -0.2) is 36.2 Å². The van der Waals surface area contributed by atoms with Crippen LogP contribution in [0.15, 0.2) is 10.2 Å². The number of terminal acetylenes is 1. The van der Waals surface area contributed by atoms with Crippen LogP contribution in [0, 0.1) is 12.3 Å². The van der Waals surface area contributed by atoms with E-state index >= 15 is 0 Å². The summed E-state index contributed by atoms with van der Waals surface area (Å²) in [7, 11) is 0. The Morgan fingerprint density at radius 2 is 2.15 bits per heavy atom. The van der Waals surface area contributed by atoms with Gasteiger partial charge in [0.05, 0.1) is 6.61 Å². The largest absolute Gasteiger partial charge is 0.378 e. The lowest BCUT2D eigenvalue weighted by Crippen LogP contribution is -2.58. The quantitative estimate of drug-likeness (QED) is 0.645. The zero-order valence-electron chi connectivity index (χ0n) is 11.2. The van der Waals surface area contributed by atoms with Crippen molar-refractivity contribution in [1.82, 2.24) is 5.32 Å². The highest BCUT2D eigenvalue weighted by Gasteiger charge is 2.43. The van der Waals surface area contributed by atoms with E-state index < -0.39 is 17.1 Å². The van der Waals surface area contributed by atoms with Crippen molar-refractivity contribution in [2.75, 3.05) is 13.2 Å². The van der Waals surface area contributed by atoms with E-state index in [1.807, 2.05) is 0 Å². The summed E-state index contributed by atoms with van der Waals surface area (Å²) in [5.41, 5.74) is 3.79. The van der Waals surface area contributed by atoms with Crippen LogP contribution in [0.25, 0.3) is 0 Å². The minimum absolute atomic E-state index is 0.130. The van der Waals surface area contributed by atoms with Gasteiger partial charge >= 0.3 is 0 Å². The summed E-state index contributed by atoms with van der Waals surface area (Å²) >= 11 is 0. The molecule has 0 spiro atoms. The number of nitrogens with one attached hydrogen (secondary N) is 1. The molecule has 108 valence electrons. The molecule has 0 aromatic rings. The Labute approximate surface area is 117 Å². The Morgan fingerprint density at radius 1 is 1.40 bits per heavy atom. The Balaban J connectivity index is 1.81. The SMILES string of the molecule is C#CCCC1(CCC(=O)NC2(C(N)=O)CCOC2)N=N1. The first-order chi connectivity index (χ1) is 9.52. The van der Waals surface area contributed by atoms with E-state index in [4.69, 9.17) is 16.9 Å². The van der Waals surface area contributed by atoms with E-state index in [0.29, 0.717) is 32.3 Å². The maximum atomic E-state index is 12.0. The number of amides is 2. The lowest BCUT2D eigenvalue weighted by molar-refractivity contribution is -0.131. The van der Waals surface area contributed by atoms with Crippen LogP contribution >= 0.6 is 0 Å². The summed E-state index contributed by atoms with van der Waals surface area (Å²) in [5, 5.41) is 10.6. The number of nitrogens with two attached hydrogens (primary N) is 1. The average Bonchev–Trinajstić information content (AvgIpc) is 3.04. The van der Waals surface area contributed by atoms with E-state index in [1.54, 1.807) is 0 Å². The maximum absolute atomic E-state index is 12.0. The third-order valence-corrected chi connectivity index (χ3v) is 3.68. The van der Waals surface area contributed by atoms with Crippen molar-refractivity contribution in [2.45, 2.75) is 43.3 Å². The minimum Gasteiger partial charge on any atom is -0.378 e. The van der Waals surface area contributed by atoms with Crippen LogP contribution in [0.4, 0.5) is 0 Å². The van der Waals surface area contributed by atoms with Gasteiger partial charge in [-0.15, -0.1) is 12.3 Å².